The summed E-state index contributed by atoms with van der Waals surface area (Å²) in [6.07, 6.45) is 2.93. The van der Waals surface area contributed by atoms with Gasteiger partial charge in [0, 0.05) is 13.0 Å². The van der Waals surface area contributed by atoms with Crippen molar-refractivity contribution in [3.63, 3.8) is 0 Å². The highest BCUT2D eigenvalue weighted by molar-refractivity contribution is 5.85. The Labute approximate surface area is 110 Å². The number of hydrogen-bond donors (Lipinski definition) is 0. The van der Waals surface area contributed by atoms with Crippen LogP contribution in [0, 0.1) is 11.8 Å². The van der Waals surface area contributed by atoms with Gasteiger partial charge in [-0.2, -0.15) is 0 Å². The minimum atomic E-state index is -0.505. The average molecular weight is 255 g/mol. The van der Waals surface area contributed by atoms with E-state index in [0.29, 0.717) is 18.8 Å². The van der Waals surface area contributed by atoms with Gasteiger partial charge in [-0.05, 0) is 18.8 Å². The molecule has 0 spiro atoms. The largest absolute Gasteiger partial charge is 0.467 e. The Hall–Kier alpha value is -1.32. The maximum Gasteiger partial charge on any atom is 0.328 e. The van der Waals surface area contributed by atoms with E-state index in [0.717, 1.165) is 0 Å². The molecule has 0 aromatic carbocycles. The van der Waals surface area contributed by atoms with Gasteiger partial charge >= 0.3 is 5.97 Å². The van der Waals surface area contributed by atoms with E-state index in [1.54, 1.807) is 13.1 Å². The number of methoxy groups -OCH3 is 1. The van der Waals surface area contributed by atoms with E-state index in [-0.39, 0.29) is 17.8 Å². The number of carbonyl (C=O) groups excluding carboxylic acids is 2. The Morgan fingerprint density at radius 1 is 1.33 bits per heavy atom. The second kappa shape index (κ2) is 7.90. The molecule has 0 fully saturated rings. The van der Waals surface area contributed by atoms with Crippen LogP contribution in [-0.4, -0.2) is 37.0 Å². The average Bonchev–Trinajstić information content (AvgIpc) is 2.33. The number of nitrogens with zero attached hydrogens (tertiary/aromatic N) is 1. The molecule has 0 aromatic heterocycles. The lowest BCUT2D eigenvalue weighted by Crippen LogP contribution is -2.45. The van der Waals surface area contributed by atoms with Crippen LogP contribution in [0.5, 0.6) is 0 Å². The fourth-order valence-corrected chi connectivity index (χ4v) is 1.85. The lowest BCUT2D eigenvalue weighted by Gasteiger charge is -2.29. The highest BCUT2D eigenvalue weighted by Gasteiger charge is 2.30. The lowest BCUT2D eigenvalue weighted by atomic mass is 10.00. The van der Waals surface area contributed by atoms with Crippen molar-refractivity contribution in [1.82, 2.24) is 4.90 Å². The van der Waals surface area contributed by atoms with E-state index in [9.17, 15) is 9.59 Å². The van der Waals surface area contributed by atoms with Crippen molar-refractivity contribution in [1.29, 1.82) is 0 Å². The van der Waals surface area contributed by atoms with E-state index < -0.39 is 6.04 Å². The Morgan fingerprint density at radius 3 is 2.28 bits per heavy atom. The maximum absolute atomic E-state index is 12.1. The Morgan fingerprint density at radius 2 is 1.89 bits per heavy atom. The minimum absolute atomic E-state index is 0.0500. The highest BCUT2D eigenvalue weighted by Crippen LogP contribution is 2.16. The molecular formula is C14H25NO3. The molecule has 0 aliphatic heterocycles. The van der Waals surface area contributed by atoms with Crippen LogP contribution in [-0.2, 0) is 14.3 Å². The molecule has 0 aromatic rings. The molecule has 0 rings (SSSR count). The summed E-state index contributed by atoms with van der Waals surface area (Å²) in [6, 6.07) is -0.505. The lowest BCUT2D eigenvalue weighted by molar-refractivity contribution is -0.153. The molecular weight excluding hydrogens is 230 g/mol. The molecule has 2 atom stereocenters. The summed E-state index contributed by atoms with van der Waals surface area (Å²) in [5.41, 5.74) is 0. The van der Waals surface area contributed by atoms with Gasteiger partial charge in [-0.25, -0.2) is 4.79 Å². The Bertz CT molecular complexity index is 299. The first-order valence-corrected chi connectivity index (χ1v) is 6.30. The number of hydrogen-bond acceptors (Lipinski definition) is 3. The molecule has 0 saturated carbocycles. The van der Waals surface area contributed by atoms with E-state index in [1.807, 2.05) is 20.8 Å². The SMILES string of the molecule is C=CC[C@H](C)C(=O)N(C)[C@@H](CC(C)C)C(=O)OC. The number of ether oxygens (including phenoxy) is 1. The molecule has 0 aliphatic rings. The van der Waals surface area contributed by atoms with E-state index in [2.05, 4.69) is 6.58 Å². The normalized spacial score (nSPS) is 13.9. The summed E-state index contributed by atoms with van der Waals surface area (Å²) in [5.74, 6) is -0.248. The maximum atomic E-state index is 12.1. The van der Waals surface area contributed by atoms with Crippen molar-refractivity contribution in [3.8, 4) is 0 Å². The van der Waals surface area contributed by atoms with Gasteiger partial charge in [0.05, 0.1) is 7.11 Å². The van der Waals surface area contributed by atoms with Crippen LogP contribution in [0.4, 0.5) is 0 Å². The second-order valence-corrected chi connectivity index (χ2v) is 5.04. The zero-order valence-corrected chi connectivity index (χ0v) is 12.1. The van der Waals surface area contributed by atoms with Gasteiger partial charge in [0.1, 0.15) is 6.04 Å². The predicted molar refractivity (Wildman–Crippen MR) is 72.0 cm³/mol. The third-order valence-electron chi connectivity index (χ3n) is 2.92. The van der Waals surface area contributed by atoms with Gasteiger partial charge in [-0.15, -0.1) is 6.58 Å². The van der Waals surface area contributed by atoms with Crippen molar-refractivity contribution in [2.45, 2.75) is 39.7 Å². The first-order valence-electron chi connectivity index (χ1n) is 6.30. The van der Waals surface area contributed by atoms with Crippen LogP contribution >= 0.6 is 0 Å². The summed E-state index contributed by atoms with van der Waals surface area (Å²) in [5, 5.41) is 0. The van der Waals surface area contributed by atoms with Crippen molar-refractivity contribution in [3.05, 3.63) is 12.7 Å². The number of amides is 1. The highest BCUT2D eigenvalue weighted by atomic mass is 16.5. The molecule has 0 bridgehead atoms. The number of allylic oxidation sites excluding steroid dienone is 1. The Kier molecular flexibility index (Phi) is 7.32. The summed E-state index contributed by atoms with van der Waals surface area (Å²) < 4.78 is 4.77. The summed E-state index contributed by atoms with van der Waals surface area (Å²) in [4.78, 5) is 25.4. The van der Waals surface area contributed by atoms with E-state index in [1.165, 1.54) is 12.0 Å². The molecule has 18 heavy (non-hydrogen) atoms. The molecule has 104 valence electrons. The van der Waals surface area contributed by atoms with E-state index in [4.69, 9.17) is 4.74 Å². The fourth-order valence-electron chi connectivity index (χ4n) is 1.85. The van der Waals surface area contributed by atoms with E-state index >= 15 is 0 Å². The van der Waals surface area contributed by atoms with Crippen LogP contribution in [0.2, 0.25) is 0 Å². The zero-order chi connectivity index (χ0) is 14.3. The van der Waals surface area contributed by atoms with Gasteiger partial charge in [-0.1, -0.05) is 26.8 Å². The zero-order valence-electron chi connectivity index (χ0n) is 12.1. The van der Waals surface area contributed by atoms with Crippen molar-refractivity contribution >= 4 is 11.9 Å². The molecule has 0 radical (unpaired) electrons. The van der Waals surface area contributed by atoms with Gasteiger partial charge in [0.2, 0.25) is 5.91 Å². The van der Waals surface area contributed by atoms with Crippen LogP contribution in [0.1, 0.15) is 33.6 Å². The molecule has 0 N–H and O–H groups in total. The molecule has 4 heteroatoms. The molecule has 0 unspecified atom stereocenters. The van der Waals surface area contributed by atoms with Crippen LogP contribution < -0.4 is 0 Å². The Balaban J connectivity index is 4.83. The third-order valence-corrected chi connectivity index (χ3v) is 2.92. The standard InChI is InChI=1S/C14H25NO3/c1-7-8-11(4)13(16)15(5)12(9-10(2)3)14(17)18-6/h7,10-12H,1,8-9H2,2-6H3/t11-,12-/m0/s1. The smallest absolute Gasteiger partial charge is 0.328 e. The number of esters is 1. The predicted octanol–water partition coefficient (Wildman–Crippen LogP) is 2.24. The van der Waals surface area contributed by atoms with Crippen LogP contribution in [0.3, 0.4) is 0 Å². The summed E-state index contributed by atoms with van der Waals surface area (Å²) in [7, 11) is 3.01. The number of carbonyl (C=O) groups is 2. The first-order chi connectivity index (χ1) is 8.34. The topological polar surface area (TPSA) is 46.6 Å². The minimum Gasteiger partial charge on any atom is -0.467 e. The van der Waals surface area contributed by atoms with Gasteiger partial charge in [-0.3, -0.25) is 4.79 Å². The molecule has 0 heterocycles. The van der Waals surface area contributed by atoms with Crippen molar-refractivity contribution in [2.75, 3.05) is 14.2 Å². The quantitative estimate of drug-likeness (QED) is 0.518. The van der Waals surface area contributed by atoms with Crippen LogP contribution in [0.15, 0.2) is 12.7 Å². The van der Waals surface area contributed by atoms with Gasteiger partial charge in [0.15, 0.2) is 0 Å². The van der Waals surface area contributed by atoms with Crippen molar-refractivity contribution in [2.24, 2.45) is 11.8 Å². The monoisotopic (exact) mass is 255 g/mol. The fraction of sp³-hybridized carbons (Fsp3) is 0.714. The third kappa shape index (κ3) is 4.90. The van der Waals surface area contributed by atoms with Crippen LogP contribution in [0.25, 0.3) is 0 Å². The van der Waals surface area contributed by atoms with Gasteiger partial charge in [0.25, 0.3) is 0 Å². The molecule has 1 amide bonds. The number of rotatable bonds is 7. The summed E-state index contributed by atoms with van der Waals surface area (Å²) in [6.45, 7) is 9.49. The van der Waals surface area contributed by atoms with Crippen molar-refractivity contribution < 1.29 is 14.3 Å². The molecule has 0 saturated heterocycles. The second-order valence-electron chi connectivity index (χ2n) is 5.04. The van der Waals surface area contributed by atoms with Gasteiger partial charge < -0.3 is 9.64 Å². The molecule has 0 aliphatic carbocycles. The first kappa shape index (κ1) is 16.7. The molecule has 4 nitrogen and oxygen atoms in total. The number of likely N-dealkylation sites (N-methyl/N-ethyl adjacent to an activating group) is 1. The summed E-state index contributed by atoms with van der Waals surface area (Å²) >= 11 is 0.